The van der Waals surface area contributed by atoms with Crippen molar-refractivity contribution in [3.8, 4) is 11.3 Å². The van der Waals surface area contributed by atoms with Gasteiger partial charge in [-0.1, -0.05) is 41.9 Å². The molecule has 1 atom stereocenters. The molecular formula is C21H19ClN2O3. The number of hydrogen-bond acceptors (Lipinski definition) is 4. The zero-order chi connectivity index (χ0) is 19.1. The van der Waals surface area contributed by atoms with E-state index >= 15 is 0 Å². The fraction of sp³-hybridized carbons (Fsp3) is 0.143. The summed E-state index contributed by atoms with van der Waals surface area (Å²) in [5, 5.41) is 14.6. The lowest BCUT2D eigenvalue weighted by atomic mass is 10.1. The van der Waals surface area contributed by atoms with Gasteiger partial charge in [-0.05, 0) is 48.4 Å². The molecule has 138 valence electrons. The predicted molar refractivity (Wildman–Crippen MR) is 106 cm³/mol. The summed E-state index contributed by atoms with van der Waals surface area (Å²) in [4.78, 5) is 11.8. The number of halogens is 1. The highest BCUT2D eigenvalue weighted by molar-refractivity contribution is 6.30. The Bertz CT molecular complexity index is 905. The smallest absolute Gasteiger partial charge is 0.240 e. The molecule has 0 aliphatic rings. The molecule has 27 heavy (non-hydrogen) atoms. The number of hydrazone groups is 1. The van der Waals surface area contributed by atoms with Gasteiger partial charge < -0.3 is 9.52 Å². The van der Waals surface area contributed by atoms with Crippen LogP contribution in [0, 0.1) is 0 Å². The highest BCUT2D eigenvalue weighted by atomic mass is 35.5. The molecule has 5 nitrogen and oxygen atoms in total. The maximum absolute atomic E-state index is 11.8. The molecule has 2 N–H and O–H groups in total. The van der Waals surface area contributed by atoms with Crippen molar-refractivity contribution < 1.29 is 14.3 Å². The fourth-order valence-corrected chi connectivity index (χ4v) is 2.65. The van der Waals surface area contributed by atoms with Crippen molar-refractivity contribution in [3.05, 3.63) is 83.1 Å². The van der Waals surface area contributed by atoms with Crippen LogP contribution in [0.5, 0.6) is 0 Å². The molecular weight excluding hydrogens is 364 g/mol. The number of amides is 1. The summed E-state index contributed by atoms with van der Waals surface area (Å²) < 4.78 is 5.66. The van der Waals surface area contributed by atoms with Gasteiger partial charge in [0, 0.05) is 17.0 Å². The molecule has 0 saturated heterocycles. The number of rotatable bonds is 7. The largest absolute Gasteiger partial charge is 0.455 e. The van der Waals surface area contributed by atoms with Crippen LogP contribution in [0.1, 0.15) is 30.3 Å². The van der Waals surface area contributed by atoms with E-state index in [0.29, 0.717) is 23.0 Å². The molecule has 3 rings (SSSR count). The SMILES string of the molecule is O=C(CC[C@H](O)c1ccccc1)N/N=C\c1ccc(-c2ccc(Cl)cc2)o1. The molecule has 0 spiro atoms. The molecule has 1 heterocycles. The number of carbonyl (C=O) groups excluding carboxylic acids is 1. The molecule has 2 aromatic carbocycles. The van der Waals surface area contributed by atoms with Crippen molar-refractivity contribution in [3.63, 3.8) is 0 Å². The third-order valence-electron chi connectivity index (χ3n) is 3.97. The molecule has 3 aromatic rings. The summed E-state index contributed by atoms with van der Waals surface area (Å²) in [6.07, 6.45) is 1.26. The minimum Gasteiger partial charge on any atom is -0.455 e. The second-order valence-electron chi connectivity index (χ2n) is 5.97. The van der Waals surface area contributed by atoms with Crippen LogP contribution in [-0.4, -0.2) is 17.2 Å². The van der Waals surface area contributed by atoms with Gasteiger partial charge in [0.1, 0.15) is 11.5 Å². The maximum Gasteiger partial charge on any atom is 0.240 e. The minimum absolute atomic E-state index is 0.168. The first kappa shape index (κ1) is 18.9. The van der Waals surface area contributed by atoms with Gasteiger partial charge in [0.25, 0.3) is 0 Å². The molecule has 0 bridgehead atoms. The lowest BCUT2D eigenvalue weighted by molar-refractivity contribution is -0.121. The van der Waals surface area contributed by atoms with E-state index in [0.717, 1.165) is 11.1 Å². The van der Waals surface area contributed by atoms with E-state index in [2.05, 4.69) is 10.5 Å². The Hall–Kier alpha value is -2.89. The van der Waals surface area contributed by atoms with Gasteiger partial charge in [0.15, 0.2) is 0 Å². The highest BCUT2D eigenvalue weighted by Crippen LogP contribution is 2.23. The number of carbonyl (C=O) groups is 1. The summed E-state index contributed by atoms with van der Waals surface area (Å²) in [6, 6.07) is 20.1. The Morgan fingerprint density at radius 1 is 1.11 bits per heavy atom. The molecule has 0 saturated carbocycles. The Labute approximate surface area is 162 Å². The van der Waals surface area contributed by atoms with Crippen molar-refractivity contribution in [2.24, 2.45) is 5.10 Å². The van der Waals surface area contributed by atoms with Gasteiger partial charge in [0.05, 0.1) is 12.3 Å². The first-order valence-corrected chi connectivity index (χ1v) is 8.90. The van der Waals surface area contributed by atoms with E-state index in [1.54, 1.807) is 18.2 Å². The number of nitrogens with zero attached hydrogens (tertiary/aromatic N) is 1. The monoisotopic (exact) mass is 382 g/mol. The third kappa shape index (κ3) is 5.54. The number of aliphatic hydroxyl groups is 1. The Morgan fingerprint density at radius 3 is 2.59 bits per heavy atom. The van der Waals surface area contributed by atoms with E-state index in [9.17, 15) is 9.90 Å². The standard InChI is InChI=1S/C21H19ClN2O3/c22-17-8-6-16(7-9-17)20-12-10-18(27-20)14-23-24-21(26)13-11-19(25)15-4-2-1-3-5-15/h1-10,12,14,19,25H,11,13H2,(H,24,26)/b23-14-/t19-/m0/s1. The summed E-state index contributed by atoms with van der Waals surface area (Å²) in [6.45, 7) is 0. The number of benzene rings is 2. The van der Waals surface area contributed by atoms with Gasteiger partial charge >= 0.3 is 0 Å². The van der Waals surface area contributed by atoms with E-state index < -0.39 is 6.10 Å². The first-order chi connectivity index (χ1) is 13.1. The maximum atomic E-state index is 11.8. The molecule has 1 aromatic heterocycles. The van der Waals surface area contributed by atoms with Crippen LogP contribution in [0.25, 0.3) is 11.3 Å². The van der Waals surface area contributed by atoms with Gasteiger partial charge in [0.2, 0.25) is 5.91 Å². The quantitative estimate of drug-likeness (QED) is 0.464. The average Bonchev–Trinajstić information content (AvgIpc) is 3.16. The molecule has 0 aliphatic heterocycles. The van der Waals surface area contributed by atoms with E-state index in [4.69, 9.17) is 16.0 Å². The summed E-state index contributed by atoms with van der Waals surface area (Å²) >= 11 is 5.87. The molecule has 0 aliphatic carbocycles. The van der Waals surface area contributed by atoms with Gasteiger partial charge in [-0.15, -0.1) is 0 Å². The lowest BCUT2D eigenvalue weighted by Gasteiger charge is -2.09. The summed E-state index contributed by atoms with van der Waals surface area (Å²) in [5.74, 6) is 0.931. The van der Waals surface area contributed by atoms with Crippen LogP contribution >= 0.6 is 11.6 Å². The van der Waals surface area contributed by atoms with Crippen molar-refractivity contribution >= 4 is 23.7 Å². The molecule has 0 radical (unpaired) electrons. The number of aliphatic hydroxyl groups excluding tert-OH is 1. The third-order valence-corrected chi connectivity index (χ3v) is 4.22. The Morgan fingerprint density at radius 2 is 1.85 bits per heavy atom. The number of hydrogen-bond donors (Lipinski definition) is 2. The van der Waals surface area contributed by atoms with Crippen LogP contribution in [0.2, 0.25) is 5.02 Å². The van der Waals surface area contributed by atoms with Crippen LogP contribution in [0.15, 0.2) is 76.2 Å². The summed E-state index contributed by atoms with van der Waals surface area (Å²) in [5.41, 5.74) is 4.13. The van der Waals surface area contributed by atoms with Crippen LogP contribution < -0.4 is 5.43 Å². The van der Waals surface area contributed by atoms with Crippen LogP contribution in [0.3, 0.4) is 0 Å². The highest BCUT2D eigenvalue weighted by Gasteiger charge is 2.09. The average molecular weight is 383 g/mol. The fourth-order valence-electron chi connectivity index (χ4n) is 2.52. The van der Waals surface area contributed by atoms with Crippen LogP contribution in [0.4, 0.5) is 0 Å². The van der Waals surface area contributed by atoms with Crippen LogP contribution in [-0.2, 0) is 4.79 Å². The Kier molecular flexibility index (Phi) is 6.41. The number of nitrogens with one attached hydrogen (secondary N) is 1. The normalized spacial score (nSPS) is 12.2. The Balaban J connectivity index is 1.47. The second kappa shape index (κ2) is 9.16. The molecule has 0 unspecified atom stereocenters. The predicted octanol–water partition coefficient (Wildman–Crippen LogP) is 4.56. The zero-order valence-electron chi connectivity index (χ0n) is 14.5. The number of furan rings is 1. The molecule has 6 heteroatoms. The van der Waals surface area contributed by atoms with Gasteiger partial charge in [-0.25, -0.2) is 5.43 Å². The van der Waals surface area contributed by atoms with Crippen molar-refractivity contribution in [1.29, 1.82) is 0 Å². The summed E-state index contributed by atoms with van der Waals surface area (Å²) in [7, 11) is 0. The van der Waals surface area contributed by atoms with Gasteiger partial charge in [-0.2, -0.15) is 5.10 Å². The van der Waals surface area contributed by atoms with Crippen molar-refractivity contribution in [1.82, 2.24) is 5.43 Å². The van der Waals surface area contributed by atoms with Crippen molar-refractivity contribution in [2.45, 2.75) is 18.9 Å². The van der Waals surface area contributed by atoms with E-state index in [1.807, 2.05) is 48.5 Å². The topological polar surface area (TPSA) is 74.8 Å². The minimum atomic E-state index is -0.673. The second-order valence-corrected chi connectivity index (χ2v) is 6.40. The van der Waals surface area contributed by atoms with E-state index in [-0.39, 0.29) is 12.3 Å². The molecule has 0 fully saturated rings. The molecule has 1 amide bonds. The van der Waals surface area contributed by atoms with E-state index in [1.165, 1.54) is 6.21 Å². The zero-order valence-corrected chi connectivity index (χ0v) is 15.3. The van der Waals surface area contributed by atoms with Gasteiger partial charge in [-0.3, -0.25) is 4.79 Å². The lowest BCUT2D eigenvalue weighted by Crippen LogP contribution is -2.18. The van der Waals surface area contributed by atoms with Crippen molar-refractivity contribution in [2.75, 3.05) is 0 Å². The first-order valence-electron chi connectivity index (χ1n) is 8.52.